The van der Waals surface area contributed by atoms with E-state index >= 15 is 0 Å². The topological polar surface area (TPSA) is 69.6 Å². The van der Waals surface area contributed by atoms with Gasteiger partial charge in [-0.05, 0) is 49.6 Å². The molecular formula is C20H22N2O3. The monoisotopic (exact) mass is 338 g/mol. The molecule has 1 aliphatic rings. The second-order valence-electron chi connectivity index (χ2n) is 6.32. The Morgan fingerprint density at radius 1 is 1.04 bits per heavy atom. The molecular weight excluding hydrogens is 316 g/mol. The van der Waals surface area contributed by atoms with Gasteiger partial charge in [0.25, 0.3) is 0 Å². The predicted octanol–water partition coefficient (Wildman–Crippen LogP) is 3.33. The highest BCUT2D eigenvalue weighted by Gasteiger charge is 2.56. The Morgan fingerprint density at radius 3 is 2.16 bits per heavy atom. The molecule has 2 aromatic carbocycles. The first-order valence-corrected chi connectivity index (χ1v) is 8.50. The van der Waals surface area contributed by atoms with Gasteiger partial charge >= 0.3 is 5.97 Å². The van der Waals surface area contributed by atoms with Crippen LogP contribution in [0.1, 0.15) is 25.3 Å². The molecule has 0 spiro atoms. The van der Waals surface area contributed by atoms with E-state index in [9.17, 15) is 9.59 Å². The van der Waals surface area contributed by atoms with Crippen molar-refractivity contribution in [2.75, 3.05) is 11.4 Å². The van der Waals surface area contributed by atoms with Crippen LogP contribution in [0.3, 0.4) is 0 Å². The van der Waals surface area contributed by atoms with Crippen LogP contribution < -0.4 is 10.2 Å². The summed E-state index contributed by atoms with van der Waals surface area (Å²) in [5.41, 5.74) is 1.96. The number of hydrogen-bond donors (Lipinski definition) is 2. The zero-order chi connectivity index (χ0) is 17.9. The molecule has 0 aliphatic heterocycles. The number of hydrogen-bond acceptors (Lipinski definition) is 3. The number of benzene rings is 2. The highest BCUT2D eigenvalue weighted by atomic mass is 16.4. The molecule has 5 nitrogen and oxygen atoms in total. The lowest BCUT2D eigenvalue weighted by molar-refractivity contribution is -0.149. The summed E-state index contributed by atoms with van der Waals surface area (Å²) in [7, 11) is 0. The number of aliphatic carboxylic acids is 1. The molecule has 130 valence electrons. The number of rotatable bonds is 7. The number of anilines is 2. The molecule has 2 N–H and O–H groups in total. The van der Waals surface area contributed by atoms with Gasteiger partial charge in [-0.3, -0.25) is 9.59 Å². The normalized spacial score (nSPS) is 14.6. The van der Waals surface area contributed by atoms with E-state index in [1.165, 1.54) is 0 Å². The maximum atomic E-state index is 12.0. The number of para-hydroxylation sites is 1. The van der Waals surface area contributed by atoms with Gasteiger partial charge in [0.15, 0.2) is 0 Å². The van der Waals surface area contributed by atoms with Crippen molar-refractivity contribution in [3.8, 4) is 0 Å². The Bertz CT molecular complexity index is 752. The first-order chi connectivity index (χ1) is 12.1. The number of carboxylic acid groups (broad SMARTS) is 1. The maximum Gasteiger partial charge on any atom is 0.319 e. The predicted molar refractivity (Wildman–Crippen MR) is 96.7 cm³/mol. The lowest BCUT2D eigenvalue weighted by Gasteiger charge is -2.23. The lowest BCUT2D eigenvalue weighted by atomic mass is 10.1. The number of nitrogens with zero attached hydrogens (tertiary/aromatic N) is 1. The van der Waals surface area contributed by atoms with Crippen molar-refractivity contribution in [2.24, 2.45) is 5.41 Å². The van der Waals surface area contributed by atoms with Crippen LogP contribution in [-0.2, 0) is 16.1 Å². The Kier molecular flexibility index (Phi) is 4.74. The van der Waals surface area contributed by atoms with Crippen molar-refractivity contribution in [3.05, 3.63) is 60.2 Å². The van der Waals surface area contributed by atoms with Crippen molar-refractivity contribution in [1.29, 1.82) is 0 Å². The maximum absolute atomic E-state index is 12.0. The van der Waals surface area contributed by atoms with Gasteiger partial charge in [0, 0.05) is 24.5 Å². The molecule has 3 rings (SSSR count). The summed E-state index contributed by atoms with van der Waals surface area (Å²) in [6.45, 7) is 3.29. The van der Waals surface area contributed by atoms with E-state index in [-0.39, 0.29) is 5.91 Å². The zero-order valence-corrected chi connectivity index (χ0v) is 14.2. The molecule has 1 aliphatic carbocycles. The molecule has 0 saturated heterocycles. The molecule has 0 unspecified atom stereocenters. The molecule has 1 fully saturated rings. The minimum absolute atomic E-state index is 0.339. The average Bonchev–Trinajstić information content (AvgIpc) is 3.44. The van der Waals surface area contributed by atoms with Gasteiger partial charge in [-0.25, -0.2) is 0 Å². The van der Waals surface area contributed by atoms with Gasteiger partial charge in [-0.15, -0.1) is 0 Å². The highest BCUT2D eigenvalue weighted by Crippen LogP contribution is 2.46. The van der Waals surface area contributed by atoms with E-state index < -0.39 is 11.4 Å². The van der Waals surface area contributed by atoms with Crippen LogP contribution in [0.4, 0.5) is 11.4 Å². The largest absolute Gasteiger partial charge is 0.480 e. The van der Waals surface area contributed by atoms with Gasteiger partial charge < -0.3 is 15.3 Å². The van der Waals surface area contributed by atoms with Crippen LogP contribution in [0.2, 0.25) is 0 Å². The second kappa shape index (κ2) is 6.97. The molecule has 25 heavy (non-hydrogen) atoms. The SMILES string of the molecule is CCN(c1ccccc1)c1ccc(CNC(=O)C2(C(=O)O)CC2)cc1. The Hall–Kier alpha value is -2.82. The fraction of sp³-hybridized carbons (Fsp3) is 0.300. The first kappa shape index (κ1) is 17.0. The van der Waals surface area contributed by atoms with Crippen LogP contribution in [0.25, 0.3) is 0 Å². The van der Waals surface area contributed by atoms with E-state index in [1.54, 1.807) is 0 Å². The van der Waals surface area contributed by atoms with Crippen molar-refractivity contribution in [1.82, 2.24) is 5.32 Å². The Labute approximate surface area is 147 Å². The Balaban J connectivity index is 1.64. The standard InChI is InChI=1S/C20H22N2O3/c1-2-22(16-6-4-3-5-7-16)17-10-8-15(9-11-17)14-21-18(23)20(12-13-20)19(24)25/h3-11H,2,12-14H2,1H3,(H,21,23)(H,24,25). The summed E-state index contributed by atoms with van der Waals surface area (Å²) in [4.78, 5) is 25.4. The molecule has 1 amide bonds. The van der Waals surface area contributed by atoms with Crippen LogP contribution in [0.15, 0.2) is 54.6 Å². The van der Waals surface area contributed by atoms with Crippen molar-refractivity contribution < 1.29 is 14.7 Å². The molecule has 0 atom stereocenters. The molecule has 0 aromatic heterocycles. The number of carbonyl (C=O) groups is 2. The first-order valence-electron chi connectivity index (χ1n) is 8.50. The van der Waals surface area contributed by atoms with Gasteiger partial charge in [0.05, 0.1) is 0 Å². The summed E-state index contributed by atoms with van der Waals surface area (Å²) in [6.07, 6.45) is 0.852. The van der Waals surface area contributed by atoms with Crippen LogP contribution in [0, 0.1) is 5.41 Å². The summed E-state index contributed by atoms with van der Waals surface area (Å²) in [5, 5.41) is 11.9. The second-order valence-corrected chi connectivity index (χ2v) is 6.32. The van der Waals surface area contributed by atoms with Gasteiger partial charge in [-0.1, -0.05) is 30.3 Å². The van der Waals surface area contributed by atoms with Crippen LogP contribution >= 0.6 is 0 Å². The van der Waals surface area contributed by atoms with E-state index in [0.717, 1.165) is 23.5 Å². The summed E-state index contributed by atoms with van der Waals surface area (Å²) in [6, 6.07) is 18.1. The zero-order valence-electron chi connectivity index (χ0n) is 14.2. The van der Waals surface area contributed by atoms with Gasteiger partial charge in [-0.2, -0.15) is 0 Å². The number of nitrogens with one attached hydrogen (secondary N) is 1. The molecule has 0 radical (unpaired) electrons. The fourth-order valence-electron chi connectivity index (χ4n) is 2.93. The summed E-state index contributed by atoms with van der Waals surface area (Å²) in [5.74, 6) is -1.41. The third kappa shape index (κ3) is 3.50. The molecule has 0 heterocycles. The minimum atomic E-state index is -1.19. The minimum Gasteiger partial charge on any atom is -0.480 e. The fourth-order valence-corrected chi connectivity index (χ4v) is 2.93. The van der Waals surface area contributed by atoms with Crippen molar-refractivity contribution in [2.45, 2.75) is 26.3 Å². The van der Waals surface area contributed by atoms with E-state index in [1.807, 2.05) is 42.5 Å². The third-order valence-corrected chi connectivity index (χ3v) is 4.68. The van der Waals surface area contributed by atoms with E-state index in [2.05, 4.69) is 29.3 Å². The smallest absolute Gasteiger partial charge is 0.319 e. The van der Waals surface area contributed by atoms with Crippen LogP contribution in [-0.4, -0.2) is 23.5 Å². The van der Waals surface area contributed by atoms with Gasteiger partial charge in [0.1, 0.15) is 5.41 Å². The van der Waals surface area contributed by atoms with E-state index in [0.29, 0.717) is 19.4 Å². The highest BCUT2D eigenvalue weighted by molar-refractivity contribution is 6.04. The molecule has 5 heteroatoms. The molecule has 2 aromatic rings. The molecule has 0 bridgehead atoms. The summed E-state index contributed by atoms with van der Waals surface area (Å²) < 4.78 is 0. The average molecular weight is 338 g/mol. The van der Waals surface area contributed by atoms with Crippen molar-refractivity contribution >= 4 is 23.3 Å². The van der Waals surface area contributed by atoms with Crippen LogP contribution in [0.5, 0.6) is 0 Å². The quantitative estimate of drug-likeness (QED) is 0.760. The summed E-state index contributed by atoms with van der Waals surface area (Å²) >= 11 is 0. The number of carbonyl (C=O) groups excluding carboxylic acids is 1. The Morgan fingerprint density at radius 2 is 1.64 bits per heavy atom. The van der Waals surface area contributed by atoms with Crippen molar-refractivity contribution in [3.63, 3.8) is 0 Å². The third-order valence-electron chi connectivity index (χ3n) is 4.68. The molecule has 1 saturated carbocycles. The number of amides is 1. The number of carboxylic acids is 1. The van der Waals surface area contributed by atoms with E-state index in [4.69, 9.17) is 5.11 Å². The lowest BCUT2D eigenvalue weighted by Crippen LogP contribution is -2.36. The van der Waals surface area contributed by atoms with Gasteiger partial charge in [0.2, 0.25) is 5.91 Å².